The molecule has 1 atom stereocenters. The van der Waals surface area contributed by atoms with Crippen LogP contribution in [0.1, 0.15) is 0 Å². The molecule has 1 aromatic rings. The highest BCUT2D eigenvalue weighted by atomic mass is 32.2. The summed E-state index contributed by atoms with van der Waals surface area (Å²) in [6, 6.07) is 6.90. The Morgan fingerprint density at radius 3 is 2.57 bits per heavy atom. The molecule has 1 aromatic carbocycles. The van der Waals surface area contributed by atoms with Crippen LogP contribution in [0.5, 0.6) is 5.75 Å². The van der Waals surface area contributed by atoms with Gasteiger partial charge < -0.3 is 9.29 Å². The number of methoxy groups -OCH3 is 1. The standard InChI is InChI=1S/C8H10N2O3S/c1-13-8-4-2-7(3-5-8)10-9-6-14(11)12/h2-5H,6H2,1H3,(H,11,12). The van der Waals surface area contributed by atoms with Gasteiger partial charge in [0.2, 0.25) is 0 Å². The molecule has 6 heteroatoms. The number of hydrogen-bond donors (Lipinski definition) is 1. The highest BCUT2D eigenvalue weighted by Crippen LogP contribution is 2.17. The van der Waals surface area contributed by atoms with Crippen molar-refractivity contribution in [1.82, 2.24) is 0 Å². The van der Waals surface area contributed by atoms with E-state index in [2.05, 4.69) is 10.2 Å². The summed E-state index contributed by atoms with van der Waals surface area (Å²) in [6.45, 7) is 0. The van der Waals surface area contributed by atoms with Crippen LogP contribution in [0.25, 0.3) is 0 Å². The van der Waals surface area contributed by atoms with Gasteiger partial charge in [0.1, 0.15) is 5.75 Å². The molecule has 0 saturated heterocycles. The Labute approximate surface area is 84.1 Å². The minimum atomic E-state index is -1.93. The Bertz CT molecular complexity index is 337. The van der Waals surface area contributed by atoms with Crippen LogP contribution < -0.4 is 4.74 Å². The van der Waals surface area contributed by atoms with Crippen LogP contribution >= 0.6 is 0 Å². The maximum Gasteiger partial charge on any atom is 0.177 e. The Balaban J connectivity index is 2.59. The van der Waals surface area contributed by atoms with Gasteiger partial charge in [0.05, 0.1) is 12.8 Å². The summed E-state index contributed by atoms with van der Waals surface area (Å²) in [7, 11) is 1.57. The predicted molar refractivity (Wildman–Crippen MR) is 53.1 cm³/mol. The maximum atomic E-state index is 10.2. The largest absolute Gasteiger partial charge is 0.497 e. The van der Waals surface area contributed by atoms with Crippen molar-refractivity contribution in [2.45, 2.75) is 0 Å². The lowest BCUT2D eigenvalue weighted by Crippen LogP contribution is -1.88. The van der Waals surface area contributed by atoms with E-state index in [1.807, 2.05) is 0 Å². The molecule has 0 radical (unpaired) electrons. The summed E-state index contributed by atoms with van der Waals surface area (Å²) in [5.41, 5.74) is 0.622. The van der Waals surface area contributed by atoms with Crippen LogP contribution in [-0.4, -0.2) is 21.7 Å². The van der Waals surface area contributed by atoms with Gasteiger partial charge in [0.15, 0.2) is 17.0 Å². The molecule has 5 nitrogen and oxygen atoms in total. The number of ether oxygens (including phenoxy) is 1. The average Bonchev–Trinajstić information content (AvgIpc) is 2.18. The van der Waals surface area contributed by atoms with Gasteiger partial charge in [-0.15, -0.1) is 0 Å². The molecule has 0 aliphatic carbocycles. The second-order valence-electron chi connectivity index (χ2n) is 2.39. The normalized spacial score (nSPS) is 13.0. The fourth-order valence-electron chi connectivity index (χ4n) is 0.809. The van der Waals surface area contributed by atoms with Gasteiger partial charge in [-0.1, -0.05) is 0 Å². The van der Waals surface area contributed by atoms with Crippen LogP contribution in [0, 0.1) is 0 Å². The summed E-state index contributed by atoms with van der Waals surface area (Å²) in [5.74, 6) is 0.529. The second kappa shape index (κ2) is 5.46. The fraction of sp³-hybridized carbons (Fsp3) is 0.250. The SMILES string of the molecule is COc1ccc(N=NCS(=O)O)cc1. The zero-order valence-electron chi connectivity index (χ0n) is 7.58. The van der Waals surface area contributed by atoms with E-state index >= 15 is 0 Å². The summed E-state index contributed by atoms with van der Waals surface area (Å²) < 4.78 is 23.6. The molecule has 0 aliphatic heterocycles. The van der Waals surface area contributed by atoms with Crippen molar-refractivity contribution in [3.63, 3.8) is 0 Å². The van der Waals surface area contributed by atoms with E-state index in [4.69, 9.17) is 9.29 Å². The first-order valence-corrected chi connectivity index (χ1v) is 5.09. The average molecular weight is 214 g/mol. The van der Waals surface area contributed by atoms with Crippen molar-refractivity contribution in [2.24, 2.45) is 10.2 Å². The van der Waals surface area contributed by atoms with E-state index in [1.165, 1.54) is 0 Å². The van der Waals surface area contributed by atoms with Crippen LogP contribution in [-0.2, 0) is 11.1 Å². The van der Waals surface area contributed by atoms with Crippen LogP contribution in [0.4, 0.5) is 5.69 Å². The number of benzene rings is 1. The smallest absolute Gasteiger partial charge is 0.177 e. The minimum absolute atomic E-state index is 0.202. The molecule has 0 fully saturated rings. The number of rotatable bonds is 4. The first kappa shape index (κ1) is 10.8. The lowest BCUT2D eigenvalue weighted by atomic mass is 10.3. The number of azo groups is 1. The number of nitrogens with zero attached hydrogens (tertiary/aromatic N) is 2. The summed E-state index contributed by atoms with van der Waals surface area (Å²) in [4.78, 5) is 0. The molecule has 1 rings (SSSR count). The van der Waals surface area contributed by atoms with Crippen molar-refractivity contribution in [3.05, 3.63) is 24.3 Å². The van der Waals surface area contributed by atoms with Crippen molar-refractivity contribution in [3.8, 4) is 5.75 Å². The van der Waals surface area contributed by atoms with Crippen molar-refractivity contribution in [2.75, 3.05) is 13.0 Å². The molecule has 76 valence electrons. The van der Waals surface area contributed by atoms with Crippen molar-refractivity contribution in [1.29, 1.82) is 0 Å². The maximum absolute atomic E-state index is 10.2. The molecular formula is C8H10N2O3S. The Hall–Kier alpha value is -1.27. The third kappa shape index (κ3) is 3.63. The molecule has 0 bridgehead atoms. The number of hydrogen-bond acceptors (Lipinski definition) is 4. The summed E-state index contributed by atoms with van der Waals surface area (Å²) in [5, 5.41) is 7.27. The Morgan fingerprint density at radius 1 is 1.43 bits per heavy atom. The molecule has 0 saturated carbocycles. The van der Waals surface area contributed by atoms with Gasteiger partial charge >= 0.3 is 0 Å². The molecule has 1 unspecified atom stereocenters. The lowest BCUT2D eigenvalue weighted by Gasteiger charge is -1.97. The molecule has 0 amide bonds. The van der Waals surface area contributed by atoms with Gasteiger partial charge in [0, 0.05) is 0 Å². The van der Waals surface area contributed by atoms with E-state index in [0.717, 1.165) is 5.75 Å². The molecular weight excluding hydrogens is 204 g/mol. The van der Waals surface area contributed by atoms with Crippen LogP contribution in [0.15, 0.2) is 34.5 Å². The Morgan fingerprint density at radius 2 is 2.07 bits per heavy atom. The van der Waals surface area contributed by atoms with Gasteiger partial charge in [0.25, 0.3) is 0 Å². The molecule has 0 spiro atoms. The molecule has 0 aliphatic rings. The van der Waals surface area contributed by atoms with Crippen LogP contribution in [0.3, 0.4) is 0 Å². The van der Waals surface area contributed by atoms with Gasteiger partial charge in [-0.2, -0.15) is 10.2 Å². The monoisotopic (exact) mass is 214 g/mol. The molecule has 0 heterocycles. The second-order valence-corrected chi connectivity index (χ2v) is 3.29. The topological polar surface area (TPSA) is 71.2 Å². The van der Waals surface area contributed by atoms with Crippen molar-refractivity contribution < 1.29 is 13.5 Å². The van der Waals surface area contributed by atoms with E-state index in [9.17, 15) is 4.21 Å². The van der Waals surface area contributed by atoms with E-state index < -0.39 is 11.1 Å². The Kier molecular flexibility index (Phi) is 4.21. The van der Waals surface area contributed by atoms with E-state index in [0.29, 0.717) is 5.69 Å². The van der Waals surface area contributed by atoms with Crippen molar-refractivity contribution >= 4 is 16.8 Å². The zero-order chi connectivity index (χ0) is 10.4. The molecule has 0 aromatic heterocycles. The van der Waals surface area contributed by atoms with Gasteiger partial charge in [-0.3, -0.25) is 0 Å². The van der Waals surface area contributed by atoms with E-state index in [1.54, 1.807) is 31.4 Å². The highest BCUT2D eigenvalue weighted by molar-refractivity contribution is 7.79. The summed E-state index contributed by atoms with van der Waals surface area (Å²) >= 11 is -1.93. The third-order valence-corrected chi connectivity index (χ3v) is 1.76. The predicted octanol–water partition coefficient (Wildman–Crippen LogP) is 1.96. The first-order valence-electron chi connectivity index (χ1n) is 3.81. The molecule has 14 heavy (non-hydrogen) atoms. The first-order chi connectivity index (χ1) is 6.72. The summed E-state index contributed by atoms with van der Waals surface area (Å²) in [6.07, 6.45) is 0. The minimum Gasteiger partial charge on any atom is -0.497 e. The van der Waals surface area contributed by atoms with Gasteiger partial charge in [-0.05, 0) is 24.3 Å². The van der Waals surface area contributed by atoms with Gasteiger partial charge in [-0.25, -0.2) is 4.21 Å². The van der Waals surface area contributed by atoms with Crippen LogP contribution in [0.2, 0.25) is 0 Å². The quantitative estimate of drug-likeness (QED) is 0.615. The zero-order valence-corrected chi connectivity index (χ0v) is 8.40. The highest BCUT2D eigenvalue weighted by Gasteiger charge is 1.92. The lowest BCUT2D eigenvalue weighted by molar-refractivity contribution is 0.415. The fourth-order valence-corrected chi connectivity index (χ4v) is 0.965. The molecule has 1 N–H and O–H groups in total. The third-order valence-electron chi connectivity index (χ3n) is 1.43. The van der Waals surface area contributed by atoms with E-state index in [-0.39, 0.29) is 5.88 Å².